The van der Waals surface area contributed by atoms with E-state index in [1.165, 1.54) is 30.6 Å². The van der Waals surface area contributed by atoms with E-state index in [9.17, 15) is 4.79 Å². The number of hydrogen-bond acceptors (Lipinski definition) is 5. The predicted molar refractivity (Wildman–Crippen MR) is 180 cm³/mol. The molecule has 0 aliphatic heterocycles. The van der Waals surface area contributed by atoms with Crippen LogP contribution in [0.15, 0.2) is 109 Å². The number of aromatic nitrogens is 3. The molecule has 0 spiro atoms. The number of anilines is 3. The molecule has 0 aliphatic carbocycles. The molecule has 6 heteroatoms. The van der Waals surface area contributed by atoms with Gasteiger partial charge in [0.05, 0.1) is 11.4 Å². The van der Waals surface area contributed by atoms with Crippen molar-refractivity contribution in [3.63, 3.8) is 0 Å². The van der Waals surface area contributed by atoms with Gasteiger partial charge in [-0.1, -0.05) is 93.8 Å². The summed E-state index contributed by atoms with van der Waals surface area (Å²) in [5, 5.41) is 10.1. The summed E-state index contributed by atoms with van der Waals surface area (Å²) in [5.41, 5.74) is 8.22. The second kappa shape index (κ2) is 13.2. The highest BCUT2D eigenvalue weighted by atomic mass is 32.1. The van der Waals surface area contributed by atoms with E-state index in [1.54, 1.807) is 0 Å². The monoisotopic (exact) mass is 584 g/mol. The Labute approximate surface area is 257 Å². The molecule has 5 nitrogen and oxygen atoms in total. The standard InChI is InChI=1S/C37H36N4OS/c1-3-5-12-27(4-2)25-40-38-36-33(22-23-34(37(36)39-40)35-24-21-32(26-42)43-35)28-17-19-31(20-18-28)41(29-13-8-6-9-14-29)30-15-10-7-11-16-30/h6-11,13-24,26-27H,3-5,12,25H2,1-2H3. The van der Waals surface area contributed by atoms with Gasteiger partial charge in [-0.25, -0.2) is 0 Å². The van der Waals surface area contributed by atoms with Crippen LogP contribution in [0.4, 0.5) is 17.1 Å². The summed E-state index contributed by atoms with van der Waals surface area (Å²) >= 11 is 1.49. The molecule has 0 aliphatic rings. The van der Waals surface area contributed by atoms with Crippen molar-refractivity contribution in [3.05, 3.63) is 114 Å². The molecule has 6 aromatic rings. The van der Waals surface area contributed by atoms with Crippen molar-refractivity contribution in [2.45, 2.75) is 46.1 Å². The zero-order valence-corrected chi connectivity index (χ0v) is 25.5. The van der Waals surface area contributed by atoms with Crippen LogP contribution < -0.4 is 4.90 Å². The minimum atomic E-state index is 0.540. The summed E-state index contributed by atoms with van der Waals surface area (Å²) < 4.78 is 0. The fourth-order valence-corrected chi connectivity index (χ4v) is 6.50. The number of aldehydes is 1. The molecule has 2 aromatic heterocycles. The number of thiophene rings is 1. The molecule has 1 unspecified atom stereocenters. The third-order valence-electron chi connectivity index (χ3n) is 8.02. The minimum Gasteiger partial charge on any atom is -0.311 e. The van der Waals surface area contributed by atoms with Crippen molar-refractivity contribution in [1.82, 2.24) is 15.0 Å². The molecule has 2 heterocycles. The van der Waals surface area contributed by atoms with Crippen LogP contribution in [0.5, 0.6) is 0 Å². The number of para-hydroxylation sites is 2. The second-order valence-electron chi connectivity index (χ2n) is 10.9. The molecule has 0 N–H and O–H groups in total. The quantitative estimate of drug-likeness (QED) is 0.134. The molecule has 4 aromatic carbocycles. The van der Waals surface area contributed by atoms with E-state index in [-0.39, 0.29) is 0 Å². The van der Waals surface area contributed by atoms with Crippen LogP contribution in [0.1, 0.15) is 49.2 Å². The second-order valence-corrected chi connectivity index (χ2v) is 12.0. The Bertz CT molecular complexity index is 1750. The first-order valence-electron chi connectivity index (χ1n) is 15.1. The number of nitrogens with zero attached hydrogens (tertiary/aromatic N) is 4. The third-order valence-corrected chi connectivity index (χ3v) is 9.06. The lowest BCUT2D eigenvalue weighted by Crippen LogP contribution is -2.12. The van der Waals surface area contributed by atoms with Gasteiger partial charge in [0.15, 0.2) is 6.29 Å². The topological polar surface area (TPSA) is 51.0 Å². The SMILES string of the molecule is CCCCC(CC)Cn1nc2c(-c3ccc(N(c4ccccc4)c4ccccc4)cc3)ccc(-c3ccc(C=O)s3)c2n1. The lowest BCUT2D eigenvalue weighted by molar-refractivity contribution is 0.112. The molecule has 0 bridgehead atoms. The first-order chi connectivity index (χ1) is 21.2. The third kappa shape index (κ3) is 6.15. The minimum absolute atomic E-state index is 0.540. The molecule has 1 atom stereocenters. The first-order valence-corrected chi connectivity index (χ1v) is 15.9. The van der Waals surface area contributed by atoms with E-state index >= 15 is 0 Å². The van der Waals surface area contributed by atoms with Crippen molar-refractivity contribution in [2.24, 2.45) is 5.92 Å². The van der Waals surface area contributed by atoms with Gasteiger partial charge in [0.25, 0.3) is 0 Å². The van der Waals surface area contributed by atoms with Crippen molar-refractivity contribution in [1.29, 1.82) is 0 Å². The van der Waals surface area contributed by atoms with Crippen molar-refractivity contribution in [2.75, 3.05) is 4.90 Å². The molecule has 0 saturated heterocycles. The van der Waals surface area contributed by atoms with E-state index < -0.39 is 0 Å². The van der Waals surface area contributed by atoms with Crippen molar-refractivity contribution < 1.29 is 4.79 Å². The van der Waals surface area contributed by atoms with E-state index in [2.05, 4.69) is 104 Å². The van der Waals surface area contributed by atoms with Gasteiger partial charge >= 0.3 is 0 Å². The molecule has 6 rings (SSSR count). The predicted octanol–water partition coefficient (Wildman–Crippen LogP) is 10.3. The Balaban J connectivity index is 1.41. The Hall–Kier alpha value is -4.55. The largest absolute Gasteiger partial charge is 0.311 e. The molecule has 0 radical (unpaired) electrons. The highest BCUT2D eigenvalue weighted by molar-refractivity contribution is 7.17. The highest BCUT2D eigenvalue weighted by Crippen LogP contribution is 2.39. The molecule has 0 amide bonds. The molecular weight excluding hydrogens is 549 g/mol. The van der Waals surface area contributed by atoms with E-state index in [1.807, 2.05) is 29.1 Å². The van der Waals surface area contributed by atoms with Gasteiger partial charge in [0.2, 0.25) is 0 Å². The fraction of sp³-hybridized carbons (Fsp3) is 0.216. The van der Waals surface area contributed by atoms with Gasteiger partial charge in [-0.2, -0.15) is 15.0 Å². The van der Waals surface area contributed by atoms with Crippen LogP contribution in [-0.2, 0) is 6.54 Å². The van der Waals surface area contributed by atoms with E-state index in [0.29, 0.717) is 10.8 Å². The summed E-state index contributed by atoms with van der Waals surface area (Å²) in [6.45, 7) is 5.30. The average Bonchev–Trinajstić information content (AvgIpc) is 3.72. The zero-order valence-electron chi connectivity index (χ0n) is 24.7. The molecule has 216 valence electrons. The summed E-state index contributed by atoms with van der Waals surface area (Å²) in [7, 11) is 0. The number of fused-ring (bicyclic) bond motifs is 1. The zero-order chi connectivity index (χ0) is 29.6. The Morgan fingerprint density at radius 3 is 1.93 bits per heavy atom. The van der Waals surface area contributed by atoms with Gasteiger partial charge in [-0.3, -0.25) is 4.79 Å². The number of carbonyl (C=O) groups is 1. The van der Waals surface area contributed by atoms with Crippen LogP contribution in [0.2, 0.25) is 0 Å². The molecule has 43 heavy (non-hydrogen) atoms. The van der Waals surface area contributed by atoms with Gasteiger partial charge < -0.3 is 4.90 Å². The smallest absolute Gasteiger partial charge is 0.160 e. The van der Waals surface area contributed by atoms with Gasteiger partial charge in [0.1, 0.15) is 11.0 Å². The van der Waals surface area contributed by atoms with Crippen LogP contribution in [0.3, 0.4) is 0 Å². The van der Waals surface area contributed by atoms with Gasteiger partial charge in [-0.05, 0) is 66.4 Å². The normalized spacial score (nSPS) is 12.0. The summed E-state index contributed by atoms with van der Waals surface area (Å²) in [4.78, 5) is 17.3. The Morgan fingerprint density at radius 2 is 1.35 bits per heavy atom. The van der Waals surface area contributed by atoms with Crippen LogP contribution >= 0.6 is 11.3 Å². The summed E-state index contributed by atoms with van der Waals surface area (Å²) in [5.74, 6) is 0.540. The Morgan fingerprint density at radius 1 is 0.744 bits per heavy atom. The van der Waals surface area contributed by atoms with E-state index in [0.717, 1.165) is 68.9 Å². The van der Waals surface area contributed by atoms with Crippen LogP contribution in [0.25, 0.3) is 32.6 Å². The molecule has 0 saturated carbocycles. The maximum Gasteiger partial charge on any atom is 0.160 e. The first kappa shape index (κ1) is 28.6. The van der Waals surface area contributed by atoms with Crippen LogP contribution in [-0.4, -0.2) is 21.3 Å². The number of carbonyl (C=O) groups excluding carboxylic acids is 1. The van der Waals surface area contributed by atoms with E-state index in [4.69, 9.17) is 10.2 Å². The highest BCUT2D eigenvalue weighted by Gasteiger charge is 2.19. The van der Waals surface area contributed by atoms with Crippen molar-refractivity contribution >= 4 is 45.7 Å². The van der Waals surface area contributed by atoms with Crippen LogP contribution in [0, 0.1) is 5.92 Å². The number of benzene rings is 4. The van der Waals surface area contributed by atoms with Gasteiger partial charge in [0, 0.05) is 33.1 Å². The lowest BCUT2D eigenvalue weighted by Gasteiger charge is -2.25. The fourth-order valence-electron chi connectivity index (χ4n) is 5.65. The number of unbranched alkanes of at least 4 members (excludes halogenated alkanes) is 1. The maximum atomic E-state index is 11.4. The summed E-state index contributed by atoms with van der Waals surface area (Å²) in [6.07, 6.45) is 5.60. The number of hydrogen-bond donors (Lipinski definition) is 0. The van der Waals surface area contributed by atoms with Gasteiger partial charge in [-0.15, -0.1) is 11.3 Å². The summed E-state index contributed by atoms with van der Waals surface area (Å²) in [6, 6.07) is 37.7. The average molecular weight is 585 g/mol. The van der Waals surface area contributed by atoms with Crippen molar-refractivity contribution in [3.8, 4) is 21.6 Å². The lowest BCUT2D eigenvalue weighted by atomic mass is 10.00. The Kier molecular flexibility index (Phi) is 8.75. The number of rotatable bonds is 12. The molecule has 0 fully saturated rings. The molecular formula is C37H36N4OS. The maximum absolute atomic E-state index is 11.4.